The zero-order valence-corrected chi connectivity index (χ0v) is 10.0. The highest BCUT2D eigenvalue weighted by Gasteiger charge is 2.31. The quantitative estimate of drug-likeness (QED) is 0.908. The Kier molecular flexibility index (Phi) is 2.92. The summed E-state index contributed by atoms with van der Waals surface area (Å²) in [4.78, 5) is 13.1. The van der Waals surface area contributed by atoms with Gasteiger partial charge in [-0.1, -0.05) is 17.3 Å². The molecule has 2 heterocycles. The van der Waals surface area contributed by atoms with Crippen molar-refractivity contribution in [3.63, 3.8) is 0 Å². The molecule has 0 spiro atoms. The van der Waals surface area contributed by atoms with E-state index < -0.39 is 12.2 Å². The molecule has 1 aliphatic rings. The minimum absolute atomic E-state index is 0.167. The minimum Gasteiger partial charge on any atom is -0.441 e. The van der Waals surface area contributed by atoms with E-state index in [1.54, 1.807) is 6.07 Å². The van der Waals surface area contributed by atoms with Crippen LogP contribution in [0.1, 0.15) is 0 Å². The first-order valence-corrected chi connectivity index (χ1v) is 5.88. The summed E-state index contributed by atoms with van der Waals surface area (Å²) in [5, 5.41) is 12.8. The van der Waals surface area contributed by atoms with Gasteiger partial charge in [0, 0.05) is 17.3 Å². The van der Waals surface area contributed by atoms with Gasteiger partial charge in [0.15, 0.2) is 0 Å². The van der Waals surface area contributed by atoms with Crippen LogP contribution in [0.15, 0.2) is 41.1 Å². The Morgan fingerprint density at radius 3 is 2.68 bits per heavy atom. The van der Waals surface area contributed by atoms with Gasteiger partial charge in [0.1, 0.15) is 18.1 Å². The first kappa shape index (κ1) is 11.7. The average molecular weight is 260 g/mol. The fourth-order valence-electron chi connectivity index (χ4n) is 2.00. The summed E-state index contributed by atoms with van der Waals surface area (Å²) in [7, 11) is 0. The molecule has 0 saturated carbocycles. The summed E-state index contributed by atoms with van der Waals surface area (Å²) in [6.07, 6.45) is 0.614. The summed E-state index contributed by atoms with van der Waals surface area (Å²) in [5.74, 6) is 0. The third kappa shape index (κ3) is 2.17. The van der Waals surface area contributed by atoms with Crippen molar-refractivity contribution in [3.05, 3.63) is 36.6 Å². The minimum atomic E-state index is -0.456. The van der Waals surface area contributed by atoms with E-state index >= 15 is 0 Å². The first-order chi connectivity index (χ1) is 9.28. The number of hydrogen-bond donors (Lipinski definition) is 1. The van der Waals surface area contributed by atoms with Gasteiger partial charge in [-0.25, -0.2) is 4.79 Å². The Bertz CT molecular complexity index is 565. The summed E-state index contributed by atoms with van der Waals surface area (Å²) in [5.41, 5.74) is 2.38. The summed E-state index contributed by atoms with van der Waals surface area (Å²) >= 11 is 0. The molecule has 6 heteroatoms. The first-order valence-electron chi connectivity index (χ1n) is 5.88. The molecule has 1 aromatic heterocycles. The lowest BCUT2D eigenvalue weighted by molar-refractivity contribution is 0.0963. The molecule has 6 nitrogen and oxygen atoms in total. The van der Waals surface area contributed by atoms with Crippen molar-refractivity contribution in [1.82, 2.24) is 5.16 Å². The van der Waals surface area contributed by atoms with Crippen molar-refractivity contribution in [2.45, 2.75) is 6.10 Å². The Morgan fingerprint density at radius 1 is 1.32 bits per heavy atom. The van der Waals surface area contributed by atoms with E-state index in [1.165, 1.54) is 11.2 Å². The zero-order chi connectivity index (χ0) is 13.2. The number of aliphatic hydroxyl groups is 1. The summed E-state index contributed by atoms with van der Waals surface area (Å²) in [6, 6.07) is 9.09. The topological polar surface area (TPSA) is 75.8 Å². The van der Waals surface area contributed by atoms with Crippen molar-refractivity contribution < 1.29 is 19.2 Å². The van der Waals surface area contributed by atoms with Crippen molar-refractivity contribution >= 4 is 11.8 Å². The largest absolute Gasteiger partial charge is 0.441 e. The number of aliphatic hydroxyl groups excluding tert-OH is 1. The number of aromatic nitrogens is 1. The monoisotopic (exact) mass is 260 g/mol. The van der Waals surface area contributed by atoms with E-state index in [0.717, 1.165) is 16.9 Å². The lowest BCUT2D eigenvalue weighted by Gasteiger charge is -2.12. The molecule has 1 N–H and O–H groups in total. The van der Waals surface area contributed by atoms with Crippen LogP contribution in [0, 0.1) is 0 Å². The van der Waals surface area contributed by atoms with Crippen LogP contribution >= 0.6 is 0 Å². The predicted octanol–water partition coefficient (Wildman–Crippen LogP) is 1.66. The lowest BCUT2D eigenvalue weighted by atomic mass is 10.1. The van der Waals surface area contributed by atoms with E-state index in [0.29, 0.717) is 6.54 Å². The Morgan fingerprint density at radius 2 is 2.11 bits per heavy atom. The Hall–Kier alpha value is -2.34. The third-order valence-electron chi connectivity index (χ3n) is 2.99. The number of cyclic esters (lactones) is 1. The van der Waals surface area contributed by atoms with Gasteiger partial charge in [0.25, 0.3) is 0 Å². The van der Waals surface area contributed by atoms with Crippen molar-refractivity contribution in [2.75, 3.05) is 18.1 Å². The fraction of sp³-hybridized carbons (Fsp3) is 0.231. The van der Waals surface area contributed by atoms with E-state index in [-0.39, 0.29) is 6.61 Å². The maximum atomic E-state index is 11.6. The summed E-state index contributed by atoms with van der Waals surface area (Å²) < 4.78 is 9.77. The molecular formula is C13H12N2O4. The lowest BCUT2D eigenvalue weighted by Crippen LogP contribution is -2.25. The molecule has 1 amide bonds. The van der Waals surface area contributed by atoms with Gasteiger partial charge in [0.05, 0.1) is 13.2 Å². The number of carbonyl (C=O) groups excluding carboxylic acids is 1. The molecule has 0 unspecified atom stereocenters. The number of nitrogens with zero attached hydrogens (tertiary/aromatic N) is 2. The number of carbonyl (C=O) groups is 1. The van der Waals surface area contributed by atoms with E-state index in [2.05, 4.69) is 5.16 Å². The molecule has 0 aliphatic carbocycles. The second-order valence-electron chi connectivity index (χ2n) is 4.23. The van der Waals surface area contributed by atoms with Gasteiger partial charge < -0.3 is 14.4 Å². The van der Waals surface area contributed by atoms with Gasteiger partial charge >= 0.3 is 6.09 Å². The molecule has 0 radical (unpaired) electrons. The van der Waals surface area contributed by atoms with Gasteiger partial charge in [0.2, 0.25) is 0 Å². The van der Waals surface area contributed by atoms with Crippen LogP contribution in [0.3, 0.4) is 0 Å². The van der Waals surface area contributed by atoms with Crippen LogP contribution in [0.2, 0.25) is 0 Å². The molecule has 3 rings (SSSR count). The van der Waals surface area contributed by atoms with Crippen molar-refractivity contribution in [1.29, 1.82) is 0 Å². The molecule has 2 aromatic rings. The third-order valence-corrected chi connectivity index (χ3v) is 2.99. The van der Waals surface area contributed by atoms with Crippen LogP contribution < -0.4 is 4.90 Å². The number of rotatable bonds is 3. The SMILES string of the molecule is O=C1O[C@@H](CO)CN1c1ccc(-c2ccon2)cc1. The van der Waals surface area contributed by atoms with Crippen molar-refractivity contribution in [2.24, 2.45) is 0 Å². The number of anilines is 1. The highest BCUT2D eigenvalue weighted by Crippen LogP contribution is 2.25. The normalized spacial score (nSPS) is 18.7. The Balaban J connectivity index is 1.81. The van der Waals surface area contributed by atoms with E-state index in [9.17, 15) is 4.79 Å². The maximum absolute atomic E-state index is 11.6. The number of hydrogen-bond acceptors (Lipinski definition) is 5. The second kappa shape index (κ2) is 4.74. The molecule has 1 fully saturated rings. The van der Waals surface area contributed by atoms with Gasteiger partial charge in [-0.3, -0.25) is 4.90 Å². The Labute approximate surface area is 109 Å². The molecule has 1 atom stereocenters. The second-order valence-corrected chi connectivity index (χ2v) is 4.23. The highest BCUT2D eigenvalue weighted by atomic mass is 16.6. The molecule has 0 bridgehead atoms. The number of amides is 1. The summed E-state index contributed by atoms with van der Waals surface area (Å²) in [6.45, 7) is 0.192. The van der Waals surface area contributed by atoms with Crippen LogP contribution in [0.5, 0.6) is 0 Å². The average Bonchev–Trinajstić information content (AvgIpc) is 3.08. The maximum Gasteiger partial charge on any atom is 0.414 e. The molecular weight excluding hydrogens is 248 g/mol. The highest BCUT2D eigenvalue weighted by molar-refractivity contribution is 5.90. The van der Waals surface area contributed by atoms with Crippen LogP contribution in [-0.4, -0.2) is 35.6 Å². The van der Waals surface area contributed by atoms with E-state index in [1.807, 2.05) is 24.3 Å². The van der Waals surface area contributed by atoms with Crippen LogP contribution in [0.4, 0.5) is 10.5 Å². The smallest absolute Gasteiger partial charge is 0.414 e. The number of ether oxygens (including phenoxy) is 1. The molecule has 98 valence electrons. The standard InChI is InChI=1S/C13H12N2O4/c16-8-11-7-15(13(17)19-11)10-3-1-9(2-4-10)12-5-6-18-14-12/h1-6,11,16H,7-8H2/t11-/m1/s1. The van der Waals surface area contributed by atoms with Crippen molar-refractivity contribution in [3.8, 4) is 11.3 Å². The molecule has 19 heavy (non-hydrogen) atoms. The molecule has 1 saturated heterocycles. The van der Waals surface area contributed by atoms with Crippen LogP contribution in [0.25, 0.3) is 11.3 Å². The fourth-order valence-corrected chi connectivity index (χ4v) is 2.00. The van der Waals surface area contributed by atoms with Gasteiger partial charge in [-0.2, -0.15) is 0 Å². The molecule has 1 aliphatic heterocycles. The molecule has 1 aromatic carbocycles. The van der Waals surface area contributed by atoms with Gasteiger partial charge in [-0.05, 0) is 12.1 Å². The van der Waals surface area contributed by atoms with Crippen LogP contribution in [-0.2, 0) is 4.74 Å². The zero-order valence-electron chi connectivity index (χ0n) is 10.0. The van der Waals surface area contributed by atoms with Gasteiger partial charge in [-0.15, -0.1) is 0 Å². The number of benzene rings is 1. The predicted molar refractivity (Wildman–Crippen MR) is 66.6 cm³/mol. The van der Waals surface area contributed by atoms with E-state index in [4.69, 9.17) is 14.4 Å².